The second-order valence-corrected chi connectivity index (χ2v) is 9.11. The Hall–Kier alpha value is -2.84. The molecule has 0 saturated carbocycles. The number of aromatic nitrogens is 1. The Balaban J connectivity index is 1.35. The summed E-state index contributed by atoms with van der Waals surface area (Å²) < 4.78 is 5.14. The third kappa shape index (κ3) is 5.45. The van der Waals surface area contributed by atoms with E-state index in [2.05, 4.69) is 22.4 Å². The third-order valence-electron chi connectivity index (χ3n) is 4.99. The summed E-state index contributed by atoms with van der Waals surface area (Å²) in [6, 6.07) is 16.8. The molecule has 31 heavy (non-hydrogen) atoms. The molecule has 160 valence electrons. The first-order valence-corrected chi connectivity index (χ1v) is 11.9. The van der Waals surface area contributed by atoms with Crippen LogP contribution in [-0.2, 0) is 22.4 Å². The minimum atomic E-state index is -0.484. The third-order valence-corrected chi connectivity index (χ3v) is 6.90. The van der Waals surface area contributed by atoms with E-state index < -0.39 is 6.04 Å². The van der Waals surface area contributed by atoms with Crippen LogP contribution in [0.3, 0.4) is 0 Å². The van der Waals surface area contributed by atoms with Crippen molar-refractivity contribution in [2.24, 2.45) is 0 Å². The minimum absolute atomic E-state index is 0.0727. The summed E-state index contributed by atoms with van der Waals surface area (Å²) >= 11 is 3.15. The number of hydrogen-bond acceptors (Lipinski definition) is 6. The summed E-state index contributed by atoms with van der Waals surface area (Å²) in [5.41, 5.74) is 2.63. The van der Waals surface area contributed by atoms with Crippen LogP contribution in [0.15, 0.2) is 60.0 Å². The van der Waals surface area contributed by atoms with E-state index in [0.29, 0.717) is 17.3 Å². The number of nitrogens with zero attached hydrogens (tertiary/aromatic N) is 2. The van der Waals surface area contributed by atoms with Gasteiger partial charge in [0.1, 0.15) is 11.8 Å². The summed E-state index contributed by atoms with van der Waals surface area (Å²) in [7, 11) is 1.60. The SMILES string of the molecule is COc1ccc(NC(=O)C2CSCN2C(=O)Cc2csc(Cc3ccccc3)n2)cc1. The molecule has 1 saturated heterocycles. The lowest BCUT2D eigenvalue weighted by Gasteiger charge is -2.23. The van der Waals surface area contributed by atoms with Crippen molar-refractivity contribution >= 4 is 40.6 Å². The number of anilines is 1. The molecule has 1 aromatic heterocycles. The molecule has 1 aliphatic rings. The summed E-state index contributed by atoms with van der Waals surface area (Å²) in [5, 5.41) is 5.82. The number of nitrogens with one attached hydrogen (secondary N) is 1. The average Bonchev–Trinajstić information content (AvgIpc) is 3.45. The molecule has 1 fully saturated rings. The van der Waals surface area contributed by atoms with E-state index in [1.807, 2.05) is 23.6 Å². The Kier molecular flexibility index (Phi) is 6.89. The molecule has 6 nitrogen and oxygen atoms in total. The second kappa shape index (κ2) is 9.98. The van der Waals surface area contributed by atoms with E-state index >= 15 is 0 Å². The number of amides is 2. The highest BCUT2D eigenvalue weighted by atomic mass is 32.2. The molecule has 4 rings (SSSR count). The molecule has 1 aliphatic heterocycles. The van der Waals surface area contributed by atoms with Gasteiger partial charge in [-0.05, 0) is 29.8 Å². The summed E-state index contributed by atoms with van der Waals surface area (Å²) in [6.45, 7) is 0. The molecular formula is C23H23N3O3S2. The van der Waals surface area contributed by atoms with Crippen molar-refractivity contribution in [2.45, 2.75) is 18.9 Å². The summed E-state index contributed by atoms with van der Waals surface area (Å²) in [4.78, 5) is 32.0. The van der Waals surface area contributed by atoms with Gasteiger partial charge >= 0.3 is 0 Å². The van der Waals surface area contributed by atoms with Crippen molar-refractivity contribution in [1.82, 2.24) is 9.88 Å². The van der Waals surface area contributed by atoms with Crippen molar-refractivity contribution in [1.29, 1.82) is 0 Å². The van der Waals surface area contributed by atoms with Gasteiger partial charge in [-0.3, -0.25) is 9.59 Å². The smallest absolute Gasteiger partial charge is 0.248 e. The fraction of sp³-hybridized carbons (Fsp3) is 0.261. The molecule has 2 heterocycles. The zero-order chi connectivity index (χ0) is 21.6. The van der Waals surface area contributed by atoms with Crippen LogP contribution >= 0.6 is 23.1 Å². The first-order chi connectivity index (χ1) is 15.1. The lowest BCUT2D eigenvalue weighted by Crippen LogP contribution is -2.45. The molecule has 1 atom stereocenters. The molecule has 3 aromatic rings. The van der Waals surface area contributed by atoms with Gasteiger partial charge in [-0.2, -0.15) is 0 Å². The molecule has 8 heteroatoms. The molecular weight excluding hydrogens is 430 g/mol. The fourth-order valence-electron chi connectivity index (χ4n) is 3.34. The maximum Gasteiger partial charge on any atom is 0.248 e. The van der Waals surface area contributed by atoms with Gasteiger partial charge in [-0.25, -0.2) is 4.98 Å². The van der Waals surface area contributed by atoms with E-state index in [-0.39, 0.29) is 18.2 Å². The molecule has 0 aliphatic carbocycles. The van der Waals surface area contributed by atoms with Crippen LogP contribution in [0.25, 0.3) is 0 Å². The topological polar surface area (TPSA) is 71.5 Å². The number of carbonyl (C=O) groups excluding carboxylic acids is 2. The predicted octanol–water partition coefficient (Wildman–Crippen LogP) is 3.83. The molecule has 0 bridgehead atoms. The van der Waals surface area contributed by atoms with Crippen molar-refractivity contribution in [3.05, 3.63) is 76.2 Å². The number of methoxy groups -OCH3 is 1. The highest BCUT2D eigenvalue weighted by Crippen LogP contribution is 2.24. The standard InChI is InChI=1S/C23H23N3O3S2/c1-29-19-9-7-17(8-10-19)25-23(28)20-14-30-15-26(20)22(27)12-18-13-31-21(24-18)11-16-5-3-2-4-6-16/h2-10,13,20H,11-12,14-15H2,1H3,(H,25,28). The number of hydrogen-bond donors (Lipinski definition) is 1. The largest absolute Gasteiger partial charge is 0.497 e. The zero-order valence-corrected chi connectivity index (χ0v) is 18.7. The Morgan fingerprint density at radius 1 is 1.16 bits per heavy atom. The van der Waals surface area contributed by atoms with E-state index in [1.165, 1.54) is 5.56 Å². The molecule has 0 radical (unpaired) electrons. The normalized spacial score (nSPS) is 15.6. The Labute approximate surface area is 189 Å². The monoisotopic (exact) mass is 453 g/mol. The Morgan fingerprint density at radius 2 is 1.94 bits per heavy atom. The van der Waals surface area contributed by atoms with Crippen LogP contribution in [-0.4, -0.2) is 46.5 Å². The maximum atomic E-state index is 12.9. The van der Waals surface area contributed by atoms with Crippen LogP contribution in [0, 0.1) is 0 Å². The first kappa shape index (κ1) is 21.4. The first-order valence-electron chi connectivity index (χ1n) is 9.91. The van der Waals surface area contributed by atoms with Crippen LogP contribution in [0.2, 0.25) is 0 Å². The van der Waals surface area contributed by atoms with Crippen molar-refractivity contribution < 1.29 is 14.3 Å². The molecule has 0 spiro atoms. The lowest BCUT2D eigenvalue weighted by atomic mass is 10.2. The quantitative estimate of drug-likeness (QED) is 0.589. The number of carbonyl (C=O) groups is 2. The van der Waals surface area contributed by atoms with Gasteiger partial charge < -0.3 is 15.0 Å². The van der Waals surface area contributed by atoms with Crippen molar-refractivity contribution in [2.75, 3.05) is 24.1 Å². The van der Waals surface area contributed by atoms with Crippen molar-refractivity contribution in [3.8, 4) is 5.75 Å². The fourth-order valence-corrected chi connectivity index (χ4v) is 5.35. The average molecular weight is 454 g/mol. The maximum absolute atomic E-state index is 12.9. The molecule has 2 amide bonds. The molecule has 1 unspecified atom stereocenters. The van der Waals surface area contributed by atoms with Gasteiger partial charge in [0.2, 0.25) is 11.8 Å². The molecule has 2 aromatic carbocycles. The van der Waals surface area contributed by atoms with Crippen LogP contribution in [0.4, 0.5) is 5.69 Å². The van der Waals surface area contributed by atoms with E-state index in [0.717, 1.165) is 22.9 Å². The van der Waals surface area contributed by atoms with Crippen LogP contribution < -0.4 is 10.1 Å². The van der Waals surface area contributed by atoms with Crippen LogP contribution in [0.1, 0.15) is 16.3 Å². The number of thioether (sulfide) groups is 1. The lowest BCUT2D eigenvalue weighted by molar-refractivity contribution is -0.135. The van der Waals surface area contributed by atoms with E-state index in [9.17, 15) is 9.59 Å². The van der Waals surface area contributed by atoms with E-state index in [4.69, 9.17) is 4.74 Å². The van der Waals surface area contributed by atoms with Gasteiger partial charge in [0, 0.05) is 23.2 Å². The Bertz CT molecular complexity index is 1040. The summed E-state index contributed by atoms with van der Waals surface area (Å²) in [6.07, 6.45) is 0.963. The van der Waals surface area contributed by atoms with Gasteiger partial charge in [0.25, 0.3) is 0 Å². The highest BCUT2D eigenvalue weighted by molar-refractivity contribution is 7.99. The van der Waals surface area contributed by atoms with Gasteiger partial charge in [0.05, 0.1) is 30.1 Å². The number of thiazole rings is 1. The van der Waals surface area contributed by atoms with Gasteiger partial charge in [0.15, 0.2) is 0 Å². The van der Waals surface area contributed by atoms with Crippen molar-refractivity contribution in [3.63, 3.8) is 0 Å². The summed E-state index contributed by atoms with van der Waals surface area (Å²) in [5.74, 6) is 1.58. The van der Waals surface area contributed by atoms with Gasteiger partial charge in [-0.15, -0.1) is 23.1 Å². The van der Waals surface area contributed by atoms with Gasteiger partial charge in [-0.1, -0.05) is 30.3 Å². The number of benzene rings is 2. The predicted molar refractivity (Wildman–Crippen MR) is 125 cm³/mol. The second-order valence-electron chi connectivity index (χ2n) is 7.17. The highest BCUT2D eigenvalue weighted by Gasteiger charge is 2.34. The number of rotatable bonds is 7. The Morgan fingerprint density at radius 3 is 2.68 bits per heavy atom. The zero-order valence-electron chi connectivity index (χ0n) is 17.1. The van der Waals surface area contributed by atoms with Crippen LogP contribution in [0.5, 0.6) is 5.75 Å². The number of ether oxygens (including phenoxy) is 1. The minimum Gasteiger partial charge on any atom is -0.497 e. The molecule has 1 N–H and O–H groups in total. The van der Waals surface area contributed by atoms with E-state index in [1.54, 1.807) is 59.4 Å².